The number of hydrogen-bond donors (Lipinski definition) is 1. The van der Waals surface area contributed by atoms with Gasteiger partial charge in [-0.15, -0.1) is 0 Å². The number of rotatable bonds is 5. The first-order valence-electron chi connectivity index (χ1n) is 5.85. The molecule has 0 bridgehead atoms. The van der Waals surface area contributed by atoms with E-state index in [-0.39, 0.29) is 0 Å². The first kappa shape index (κ1) is 13.0. The maximum atomic E-state index is 4.41. The average molecular weight is 263 g/mol. The predicted molar refractivity (Wildman–Crippen MR) is 71.3 cm³/mol. The van der Waals surface area contributed by atoms with Crippen LogP contribution in [0.5, 0.6) is 0 Å². The number of aryl methyl sites for hydroxylation is 1. The fourth-order valence-electron chi connectivity index (χ4n) is 1.37. The SMILES string of the molecule is CC(C)NCc1ccc(Sc2ncnn2C)nc1. The molecule has 0 saturated carbocycles. The molecule has 0 spiro atoms. The first-order valence-corrected chi connectivity index (χ1v) is 6.67. The van der Waals surface area contributed by atoms with Crippen molar-refractivity contribution in [3.8, 4) is 0 Å². The minimum Gasteiger partial charge on any atom is -0.310 e. The number of nitrogens with one attached hydrogen (secondary N) is 1. The molecule has 6 heteroatoms. The molecule has 0 radical (unpaired) electrons. The van der Waals surface area contributed by atoms with Crippen LogP contribution in [0.15, 0.2) is 34.8 Å². The quantitative estimate of drug-likeness (QED) is 0.892. The van der Waals surface area contributed by atoms with Crippen molar-refractivity contribution in [3.63, 3.8) is 0 Å². The van der Waals surface area contributed by atoms with Gasteiger partial charge in [-0.05, 0) is 23.4 Å². The molecule has 0 atom stereocenters. The highest BCUT2D eigenvalue weighted by atomic mass is 32.2. The van der Waals surface area contributed by atoms with Crippen molar-refractivity contribution in [1.82, 2.24) is 25.1 Å². The lowest BCUT2D eigenvalue weighted by molar-refractivity contribution is 0.587. The van der Waals surface area contributed by atoms with Crippen LogP contribution < -0.4 is 5.32 Å². The highest BCUT2D eigenvalue weighted by Crippen LogP contribution is 2.22. The van der Waals surface area contributed by atoms with E-state index in [2.05, 4.69) is 40.3 Å². The topological polar surface area (TPSA) is 55.6 Å². The van der Waals surface area contributed by atoms with Gasteiger partial charge in [-0.1, -0.05) is 19.9 Å². The van der Waals surface area contributed by atoms with Crippen molar-refractivity contribution >= 4 is 11.8 Å². The summed E-state index contributed by atoms with van der Waals surface area (Å²) in [6.07, 6.45) is 3.44. The van der Waals surface area contributed by atoms with Gasteiger partial charge in [-0.25, -0.2) is 14.6 Å². The molecule has 0 saturated heterocycles. The molecule has 0 fully saturated rings. The number of aromatic nitrogens is 4. The van der Waals surface area contributed by atoms with Gasteiger partial charge in [0.2, 0.25) is 0 Å². The molecule has 2 heterocycles. The first-order chi connectivity index (χ1) is 8.65. The Labute approximate surface area is 111 Å². The Hall–Kier alpha value is -1.40. The molecule has 96 valence electrons. The average Bonchev–Trinajstić information content (AvgIpc) is 2.74. The molecule has 0 aliphatic heterocycles. The van der Waals surface area contributed by atoms with Crippen LogP contribution in [0.2, 0.25) is 0 Å². The van der Waals surface area contributed by atoms with Gasteiger partial charge in [0.05, 0.1) is 0 Å². The summed E-state index contributed by atoms with van der Waals surface area (Å²) in [5, 5.41) is 9.16. The summed E-state index contributed by atoms with van der Waals surface area (Å²) in [5.41, 5.74) is 1.19. The molecule has 1 N–H and O–H groups in total. The molecule has 2 rings (SSSR count). The summed E-state index contributed by atoms with van der Waals surface area (Å²) < 4.78 is 1.74. The second-order valence-electron chi connectivity index (χ2n) is 4.31. The maximum absolute atomic E-state index is 4.41. The van der Waals surface area contributed by atoms with Crippen LogP contribution in [0.3, 0.4) is 0 Å². The van der Waals surface area contributed by atoms with Crippen molar-refractivity contribution in [2.75, 3.05) is 0 Å². The van der Waals surface area contributed by atoms with Gasteiger partial charge in [0, 0.05) is 25.8 Å². The highest BCUT2D eigenvalue weighted by Gasteiger charge is 2.04. The third kappa shape index (κ3) is 3.54. The van der Waals surface area contributed by atoms with E-state index in [0.717, 1.165) is 16.7 Å². The Morgan fingerprint density at radius 2 is 2.17 bits per heavy atom. The molecule has 2 aromatic rings. The number of hydrogen-bond acceptors (Lipinski definition) is 5. The number of pyridine rings is 1. The van der Waals surface area contributed by atoms with Gasteiger partial charge in [-0.3, -0.25) is 0 Å². The Bertz CT molecular complexity index is 491. The van der Waals surface area contributed by atoms with Crippen molar-refractivity contribution < 1.29 is 0 Å². The van der Waals surface area contributed by atoms with Gasteiger partial charge in [0.1, 0.15) is 11.4 Å². The van der Waals surface area contributed by atoms with Crippen LogP contribution in [-0.4, -0.2) is 25.8 Å². The summed E-state index contributed by atoms with van der Waals surface area (Å²) in [5.74, 6) is 0. The van der Waals surface area contributed by atoms with Crippen LogP contribution >= 0.6 is 11.8 Å². The summed E-state index contributed by atoms with van der Waals surface area (Å²) in [6, 6.07) is 4.58. The van der Waals surface area contributed by atoms with Crippen molar-refractivity contribution in [2.24, 2.45) is 7.05 Å². The van der Waals surface area contributed by atoms with Crippen LogP contribution in [0.1, 0.15) is 19.4 Å². The minimum atomic E-state index is 0.484. The third-order valence-corrected chi connectivity index (χ3v) is 3.38. The minimum absolute atomic E-state index is 0.484. The Balaban J connectivity index is 1.97. The molecule has 0 aromatic carbocycles. The van der Waals surface area contributed by atoms with E-state index in [9.17, 15) is 0 Å². The van der Waals surface area contributed by atoms with Crippen LogP contribution in [0.4, 0.5) is 0 Å². The summed E-state index contributed by atoms with van der Waals surface area (Å²) >= 11 is 1.51. The molecule has 18 heavy (non-hydrogen) atoms. The lowest BCUT2D eigenvalue weighted by Crippen LogP contribution is -2.21. The summed E-state index contributed by atoms with van der Waals surface area (Å²) in [4.78, 5) is 8.57. The fraction of sp³-hybridized carbons (Fsp3) is 0.417. The van der Waals surface area contributed by atoms with E-state index in [1.54, 1.807) is 11.0 Å². The zero-order chi connectivity index (χ0) is 13.0. The van der Waals surface area contributed by atoms with Gasteiger partial charge < -0.3 is 5.32 Å². The zero-order valence-corrected chi connectivity index (χ0v) is 11.6. The van der Waals surface area contributed by atoms with Gasteiger partial charge in [-0.2, -0.15) is 5.10 Å². The van der Waals surface area contributed by atoms with E-state index in [0.29, 0.717) is 6.04 Å². The molecule has 5 nitrogen and oxygen atoms in total. The normalized spacial score (nSPS) is 11.1. The molecule has 0 amide bonds. The Morgan fingerprint density at radius 3 is 2.72 bits per heavy atom. The molecular formula is C12H17N5S. The van der Waals surface area contributed by atoms with Gasteiger partial charge in [0.25, 0.3) is 0 Å². The lowest BCUT2D eigenvalue weighted by Gasteiger charge is -2.07. The van der Waals surface area contributed by atoms with Gasteiger partial charge in [0.15, 0.2) is 5.16 Å². The standard InChI is InChI=1S/C12H17N5S/c1-9(2)13-6-10-4-5-11(14-7-10)18-12-15-8-16-17(12)3/h4-5,7-9,13H,6H2,1-3H3. The van der Waals surface area contributed by atoms with Crippen molar-refractivity contribution in [2.45, 2.75) is 36.6 Å². The van der Waals surface area contributed by atoms with Crippen LogP contribution in [-0.2, 0) is 13.6 Å². The summed E-state index contributed by atoms with van der Waals surface area (Å²) in [7, 11) is 1.87. The molecular weight excluding hydrogens is 246 g/mol. The zero-order valence-electron chi connectivity index (χ0n) is 10.8. The van der Waals surface area contributed by atoms with Crippen LogP contribution in [0, 0.1) is 0 Å². The second kappa shape index (κ2) is 5.97. The fourth-order valence-corrected chi connectivity index (χ4v) is 2.08. The van der Waals surface area contributed by atoms with Crippen molar-refractivity contribution in [3.05, 3.63) is 30.2 Å². The summed E-state index contributed by atoms with van der Waals surface area (Å²) in [6.45, 7) is 5.11. The third-order valence-electron chi connectivity index (χ3n) is 2.38. The molecule has 2 aromatic heterocycles. The van der Waals surface area contributed by atoms with E-state index in [1.807, 2.05) is 19.3 Å². The highest BCUT2D eigenvalue weighted by molar-refractivity contribution is 7.99. The molecule has 0 aliphatic rings. The molecule has 0 aliphatic carbocycles. The van der Waals surface area contributed by atoms with Crippen molar-refractivity contribution in [1.29, 1.82) is 0 Å². The molecule has 0 unspecified atom stereocenters. The van der Waals surface area contributed by atoms with Crippen LogP contribution in [0.25, 0.3) is 0 Å². The number of nitrogens with zero attached hydrogens (tertiary/aromatic N) is 4. The van der Waals surface area contributed by atoms with E-state index in [1.165, 1.54) is 17.3 Å². The Kier molecular flexibility index (Phi) is 4.33. The van der Waals surface area contributed by atoms with E-state index < -0.39 is 0 Å². The lowest BCUT2D eigenvalue weighted by atomic mass is 10.2. The second-order valence-corrected chi connectivity index (χ2v) is 5.30. The largest absolute Gasteiger partial charge is 0.310 e. The van der Waals surface area contributed by atoms with E-state index in [4.69, 9.17) is 0 Å². The van der Waals surface area contributed by atoms with Gasteiger partial charge >= 0.3 is 0 Å². The smallest absolute Gasteiger partial charge is 0.192 e. The monoisotopic (exact) mass is 263 g/mol. The maximum Gasteiger partial charge on any atom is 0.192 e. The van der Waals surface area contributed by atoms with E-state index >= 15 is 0 Å². The predicted octanol–water partition coefficient (Wildman–Crippen LogP) is 1.86. The Morgan fingerprint density at radius 1 is 1.33 bits per heavy atom.